The summed E-state index contributed by atoms with van der Waals surface area (Å²) in [5.41, 5.74) is 7.69. The first-order valence-corrected chi connectivity index (χ1v) is 7.70. The van der Waals surface area contributed by atoms with Gasteiger partial charge in [0.25, 0.3) is 0 Å². The van der Waals surface area contributed by atoms with Crippen LogP contribution in [0.25, 0.3) is 10.6 Å². The van der Waals surface area contributed by atoms with Crippen molar-refractivity contribution in [3.05, 3.63) is 41.4 Å². The minimum absolute atomic E-state index is 0. The predicted octanol–water partition coefficient (Wildman–Crippen LogP) is 3.14. The summed E-state index contributed by atoms with van der Waals surface area (Å²) in [6.45, 7) is 0. The van der Waals surface area contributed by atoms with Crippen LogP contribution in [0.15, 0.2) is 32.9 Å². The van der Waals surface area contributed by atoms with Gasteiger partial charge in [-0.15, -0.1) is 23.7 Å². The Balaban J connectivity index is 0.00000144. The van der Waals surface area contributed by atoms with E-state index < -0.39 is 0 Å². The zero-order chi connectivity index (χ0) is 14.3. The molecule has 8 heteroatoms. The van der Waals surface area contributed by atoms with Gasteiger partial charge in [-0.2, -0.15) is 4.98 Å². The second-order valence-electron chi connectivity index (χ2n) is 5.35. The molecule has 2 N–H and O–H groups in total. The average Bonchev–Trinajstić information content (AvgIpc) is 3.17. The summed E-state index contributed by atoms with van der Waals surface area (Å²) in [6, 6.07) is 1.89. The summed E-state index contributed by atoms with van der Waals surface area (Å²) in [5, 5.41) is 6.93. The van der Waals surface area contributed by atoms with Gasteiger partial charge in [0.05, 0.1) is 23.9 Å². The lowest BCUT2D eigenvalue weighted by Gasteiger charge is -2.34. The highest BCUT2D eigenvalue weighted by atomic mass is 35.5. The van der Waals surface area contributed by atoms with E-state index in [0.29, 0.717) is 18.1 Å². The minimum atomic E-state index is -0.383. The number of thiazole rings is 1. The third-order valence-corrected chi connectivity index (χ3v) is 4.75. The molecule has 1 aliphatic carbocycles. The van der Waals surface area contributed by atoms with Gasteiger partial charge in [-0.1, -0.05) is 5.16 Å². The van der Waals surface area contributed by atoms with Gasteiger partial charge in [0.1, 0.15) is 11.3 Å². The highest BCUT2D eigenvalue weighted by Gasteiger charge is 2.38. The molecular weight excluding hydrogens is 324 g/mol. The fourth-order valence-corrected chi connectivity index (χ4v) is 3.18. The fourth-order valence-electron chi connectivity index (χ4n) is 2.37. The largest absolute Gasteiger partial charge is 0.472 e. The Labute approximate surface area is 137 Å². The predicted molar refractivity (Wildman–Crippen MR) is 83.9 cm³/mol. The quantitative estimate of drug-likeness (QED) is 0.785. The van der Waals surface area contributed by atoms with Crippen molar-refractivity contribution in [3.8, 4) is 10.6 Å². The topological polar surface area (TPSA) is 91.0 Å². The van der Waals surface area contributed by atoms with Crippen LogP contribution >= 0.6 is 23.7 Å². The lowest BCUT2D eigenvalue weighted by atomic mass is 9.77. The number of halogens is 1. The van der Waals surface area contributed by atoms with Gasteiger partial charge >= 0.3 is 0 Å². The van der Waals surface area contributed by atoms with Crippen LogP contribution < -0.4 is 5.73 Å². The number of hydrogen-bond donors (Lipinski definition) is 1. The van der Waals surface area contributed by atoms with Crippen molar-refractivity contribution in [2.45, 2.75) is 31.2 Å². The minimum Gasteiger partial charge on any atom is -0.472 e. The molecule has 22 heavy (non-hydrogen) atoms. The van der Waals surface area contributed by atoms with E-state index in [2.05, 4.69) is 15.1 Å². The second-order valence-corrected chi connectivity index (χ2v) is 6.21. The molecule has 0 spiro atoms. The van der Waals surface area contributed by atoms with E-state index in [1.165, 1.54) is 0 Å². The van der Waals surface area contributed by atoms with Crippen molar-refractivity contribution in [2.24, 2.45) is 5.73 Å². The summed E-state index contributed by atoms with van der Waals surface area (Å²) in [6.07, 6.45) is 6.82. The van der Waals surface area contributed by atoms with Crippen molar-refractivity contribution in [2.75, 3.05) is 0 Å². The lowest BCUT2D eigenvalue weighted by Crippen LogP contribution is -2.44. The van der Waals surface area contributed by atoms with Crippen molar-refractivity contribution >= 4 is 23.7 Å². The molecule has 0 aromatic carbocycles. The molecule has 0 bridgehead atoms. The molecule has 0 unspecified atom stereocenters. The van der Waals surface area contributed by atoms with Gasteiger partial charge in [0.2, 0.25) is 5.89 Å². The van der Waals surface area contributed by atoms with Crippen LogP contribution in [0.5, 0.6) is 0 Å². The Hall–Kier alpha value is -1.70. The van der Waals surface area contributed by atoms with E-state index in [-0.39, 0.29) is 17.9 Å². The van der Waals surface area contributed by atoms with Crippen molar-refractivity contribution in [1.82, 2.24) is 15.1 Å². The van der Waals surface area contributed by atoms with Crippen molar-refractivity contribution in [3.63, 3.8) is 0 Å². The van der Waals surface area contributed by atoms with Gasteiger partial charge < -0.3 is 14.7 Å². The number of rotatable bonds is 4. The monoisotopic (exact) mass is 338 g/mol. The molecule has 0 aliphatic heterocycles. The number of furan rings is 1. The summed E-state index contributed by atoms with van der Waals surface area (Å²) >= 11 is 1.57. The number of aromatic nitrogens is 3. The van der Waals surface area contributed by atoms with Gasteiger partial charge in [-0.3, -0.25) is 0 Å². The van der Waals surface area contributed by atoms with E-state index in [9.17, 15) is 0 Å². The van der Waals surface area contributed by atoms with E-state index in [1.807, 2.05) is 11.4 Å². The number of nitrogens with two attached hydrogens (primary N) is 1. The molecule has 116 valence electrons. The molecule has 1 fully saturated rings. The summed E-state index contributed by atoms with van der Waals surface area (Å²) in [5.74, 6) is 1.18. The highest BCUT2D eigenvalue weighted by molar-refractivity contribution is 7.13. The van der Waals surface area contributed by atoms with Crippen LogP contribution in [0.1, 0.15) is 36.7 Å². The van der Waals surface area contributed by atoms with Crippen molar-refractivity contribution in [1.29, 1.82) is 0 Å². The summed E-state index contributed by atoms with van der Waals surface area (Å²) < 4.78 is 10.4. The van der Waals surface area contributed by atoms with Crippen LogP contribution in [0.3, 0.4) is 0 Å². The van der Waals surface area contributed by atoms with Gasteiger partial charge in [0.15, 0.2) is 5.82 Å². The second kappa shape index (κ2) is 5.83. The smallest absolute Gasteiger partial charge is 0.232 e. The molecule has 0 amide bonds. The highest BCUT2D eigenvalue weighted by Crippen LogP contribution is 2.37. The van der Waals surface area contributed by atoms with E-state index >= 15 is 0 Å². The van der Waals surface area contributed by atoms with Crippen LogP contribution in [-0.2, 0) is 12.0 Å². The van der Waals surface area contributed by atoms with Gasteiger partial charge in [-0.05, 0) is 25.3 Å². The Morgan fingerprint density at radius 3 is 2.86 bits per heavy atom. The Morgan fingerprint density at radius 2 is 2.18 bits per heavy atom. The molecule has 1 aliphatic rings. The fraction of sp³-hybridized carbons (Fsp3) is 0.357. The molecular formula is C14H15ClN4O2S. The molecule has 6 nitrogen and oxygen atoms in total. The molecule has 4 rings (SSSR count). The zero-order valence-electron chi connectivity index (χ0n) is 11.7. The summed E-state index contributed by atoms with van der Waals surface area (Å²) in [7, 11) is 0. The molecule has 3 aromatic heterocycles. The average molecular weight is 339 g/mol. The van der Waals surface area contributed by atoms with E-state index in [1.54, 1.807) is 23.9 Å². The SMILES string of the molecule is Cl.NC1(c2noc(Cc3csc(-c4ccoc4)n3)n2)CCC1. The third kappa shape index (κ3) is 2.67. The first kappa shape index (κ1) is 15.2. The lowest BCUT2D eigenvalue weighted by molar-refractivity contribution is 0.229. The Morgan fingerprint density at radius 1 is 1.32 bits per heavy atom. The molecule has 0 atom stereocenters. The van der Waals surface area contributed by atoms with Crippen molar-refractivity contribution < 1.29 is 8.94 Å². The Bertz CT molecular complexity index is 749. The maximum absolute atomic E-state index is 6.19. The van der Waals surface area contributed by atoms with Crippen LogP contribution in [0, 0.1) is 0 Å². The van der Waals surface area contributed by atoms with E-state index in [4.69, 9.17) is 14.7 Å². The number of nitrogens with zero attached hydrogens (tertiary/aromatic N) is 3. The van der Waals surface area contributed by atoms with Crippen LogP contribution in [0.2, 0.25) is 0 Å². The van der Waals surface area contributed by atoms with Gasteiger partial charge in [-0.25, -0.2) is 4.98 Å². The summed E-state index contributed by atoms with van der Waals surface area (Å²) in [4.78, 5) is 8.97. The standard InChI is InChI=1S/C14H14N4O2S.ClH/c15-14(3-1-4-14)13-17-11(20-18-13)6-10-8-21-12(16-10)9-2-5-19-7-9;/h2,5,7-8H,1,3-4,6,15H2;1H. The molecule has 0 saturated heterocycles. The number of hydrogen-bond acceptors (Lipinski definition) is 7. The molecule has 1 saturated carbocycles. The Kier molecular flexibility index (Phi) is 4.03. The first-order chi connectivity index (χ1) is 10.2. The zero-order valence-corrected chi connectivity index (χ0v) is 13.3. The van der Waals surface area contributed by atoms with Gasteiger partial charge in [0, 0.05) is 10.9 Å². The maximum atomic E-state index is 6.19. The van der Waals surface area contributed by atoms with Crippen LogP contribution in [-0.4, -0.2) is 15.1 Å². The molecule has 3 aromatic rings. The normalized spacial score (nSPS) is 16.0. The maximum Gasteiger partial charge on any atom is 0.232 e. The first-order valence-electron chi connectivity index (χ1n) is 6.82. The molecule has 0 radical (unpaired) electrons. The molecule has 3 heterocycles. The van der Waals surface area contributed by atoms with Crippen LogP contribution in [0.4, 0.5) is 0 Å². The third-order valence-electron chi connectivity index (χ3n) is 3.81. The van der Waals surface area contributed by atoms with E-state index in [0.717, 1.165) is 35.5 Å².